The van der Waals surface area contributed by atoms with Crippen LogP contribution in [0.3, 0.4) is 0 Å². The monoisotopic (exact) mass is 231 g/mol. The van der Waals surface area contributed by atoms with Gasteiger partial charge in [0.05, 0.1) is 17.9 Å². The number of carbonyl (C=O) groups is 1. The Morgan fingerprint density at radius 1 is 1.53 bits per heavy atom. The van der Waals surface area contributed by atoms with Crippen molar-refractivity contribution >= 4 is 17.7 Å². The van der Waals surface area contributed by atoms with E-state index in [0.717, 1.165) is 18.6 Å². The zero-order chi connectivity index (χ0) is 11.3. The maximum Gasteiger partial charge on any atom is 0.233 e. The van der Waals surface area contributed by atoms with Gasteiger partial charge in [-0.3, -0.25) is 4.79 Å². The average Bonchev–Trinajstić information content (AvgIpc) is 2.26. The third kappa shape index (κ3) is 4.03. The lowest BCUT2D eigenvalue weighted by molar-refractivity contribution is -0.122. The van der Waals surface area contributed by atoms with Gasteiger partial charge in [0, 0.05) is 0 Å². The Morgan fingerprint density at radius 3 is 2.73 bits per heavy atom. The van der Waals surface area contributed by atoms with Crippen LogP contribution in [0.15, 0.2) is 0 Å². The summed E-state index contributed by atoms with van der Waals surface area (Å²) in [4.78, 5) is 11.8. The molecule has 0 aromatic heterocycles. The Balaban J connectivity index is 2.38. The van der Waals surface area contributed by atoms with Crippen LogP contribution in [0.2, 0.25) is 0 Å². The molecule has 1 amide bonds. The Hall–Kier alpha value is -0.220. The highest BCUT2D eigenvalue weighted by Crippen LogP contribution is 2.25. The van der Waals surface area contributed by atoms with Crippen LogP contribution >= 0.6 is 11.8 Å². The zero-order valence-electron chi connectivity index (χ0n) is 9.53. The number of hydrogen-bond acceptors (Lipinski definition) is 3. The van der Waals surface area contributed by atoms with Crippen LogP contribution < -0.4 is 5.32 Å². The van der Waals surface area contributed by atoms with E-state index in [4.69, 9.17) is 5.11 Å². The molecule has 0 radical (unpaired) electrons. The molecule has 15 heavy (non-hydrogen) atoms. The van der Waals surface area contributed by atoms with Crippen molar-refractivity contribution in [1.82, 2.24) is 5.32 Å². The van der Waals surface area contributed by atoms with Crippen LogP contribution in [0, 0.1) is 5.92 Å². The summed E-state index contributed by atoms with van der Waals surface area (Å²) in [5.74, 6) is 1.48. The van der Waals surface area contributed by atoms with Crippen molar-refractivity contribution in [2.24, 2.45) is 5.92 Å². The van der Waals surface area contributed by atoms with E-state index in [1.807, 2.05) is 13.8 Å². The molecule has 1 rings (SSSR count). The normalized spacial score (nSPS) is 23.9. The van der Waals surface area contributed by atoms with Crippen molar-refractivity contribution in [2.45, 2.75) is 44.4 Å². The van der Waals surface area contributed by atoms with Crippen molar-refractivity contribution < 1.29 is 9.90 Å². The van der Waals surface area contributed by atoms with Crippen molar-refractivity contribution in [2.75, 3.05) is 12.4 Å². The summed E-state index contributed by atoms with van der Waals surface area (Å²) in [5, 5.41) is 12.2. The van der Waals surface area contributed by atoms with Crippen molar-refractivity contribution in [3.63, 3.8) is 0 Å². The zero-order valence-corrected chi connectivity index (χ0v) is 10.3. The summed E-state index contributed by atoms with van der Waals surface area (Å²) in [6.45, 7) is 4.05. The molecule has 0 aromatic rings. The van der Waals surface area contributed by atoms with Gasteiger partial charge in [0.25, 0.3) is 0 Å². The first-order valence-corrected chi connectivity index (χ1v) is 6.73. The van der Waals surface area contributed by atoms with Gasteiger partial charge in [-0.2, -0.15) is 0 Å². The van der Waals surface area contributed by atoms with Gasteiger partial charge in [0.2, 0.25) is 5.91 Å². The smallest absolute Gasteiger partial charge is 0.233 e. The number of thioether (sulfide) groups is 1. The number of amides is 1. The van der Waals surface area contributed by atoms with Gasteiger partial charge in [-0.25, -0.2) is 0 Å². The van der Waals surface area contributed by atoms with Gasteiger partial charge >= 0.3 is 0 Å². The minimum Gasteiger partial charge on any atom is -0.394 e. The van der Waals surface area contributed by atoms with Crippen molar-refractivity contribution in [1.29, 1.82) is 0 Å². The molecule has 1 unspecified atom stereocenters. The fourth-order valence-corrected chi connectivity index (χ4v) is 2.85. The lowest BCUT2D eigenvalue weighted by Gasteiger charge is -2.25. The molecular formula is C11H21NO2S. The van der Waals surface area contributed by atoms with Crippen LogP contribution in [0.1, 0.15) is 33.1 Å². The maximum atomic E-state index is 11.8. The summed E-state index contributed by atoms with van der Waals surface area (Å²) >= 11 is 1.74. The van der Waals surface area contributed by atoms with Crippen LogP contribution in [0.4, 0.5) is 0 Å². The SMILES string of the molecule is CC(C)[C@@H](CO)NC(=O)C1CCCCS1. The molecule has 0 saturated carbocycles. The van der Waals surface area contributed by atoms with E-state index in [0.29, 0.717) is 0 Å². The maximum absolute atomic E-state index is 11.8. The molecule has 0 spiro atoms. The first-order chi connectivity index (χ1) is 7.15. The van der Waals surface area contributed by atoms with Crippen LogP contribution in [0.5, 0.6) is 0 Å². The van der Waals surface area contributed by atoms with Gasteiger partial charge < -0.3 is 10.4 Å². The molecule has 1 aliphatic rings. The second-order valence-corrected chi connectivity index (χ2v) is 5.71. The van der Waals surface area contributed by atoms with Gasteiger partial charge in [-0.05, 0) is 24.5 Å². The molecule has 88 valence electrons. The minimum atomic E-state index is -0.0972. The molecule has 0 bridgehead atoms. The largest absolute Gasteiger partial charge is 0.394 e. The van der Waals surface area contributed by atoms with E-state index in [1.54, 1.807) is 11.8 Å². The third-order valence-electron chi connectivity index (χ3n) is 2.80. The molecule has 0 aromatic carbocycles. The summed E-state index contributed by atoms with van der Waals surface area (Å²) in [6, 6.07) is -0.0972. The Kier molecular flexibility index (Phi) is 5.47. The van der Waals surface area contributed by atoms with Crippen LogP contribution in [0.25, 0.3) is 0 Å². The van der Waals surface area contributed by atoms with E-state index in [1.165, 1.54) is 6.42 Å². The lowest BCUT2D eigenvalue weighted by Crippen LogP contribution is -2.45. The molecule has 1 fully saturated rings. The fourth-order valence-electron chi connectivity index (χ4n) is 1.65. The summed E-state index contributed by atoms with van der Waals surface area (Å²) in [7, 11) is 0. The minimum absolute atomic E-state index is 0.0286. The molecular weight excluding hydrogens is 210 g/mol. The summed E-state index contributed by atoms with van der Waals surface area (Å²) in [6.07, 6.45) is 3.35. The molecule has 1 saturated heterocycles. The molecule has 2 atom stereocenters. The molecule has 1 heterocycles. The predicted octanol–water partition coefficient (Wildman–Crippen LogP) is 1.41. The summed E-state index contributed by atoms with van der Waals surface area (Å²) < 4.78 is 0. The van der Waals surface area contributed by atoms with E-state index < -0.39 is 0 Å². The number of nitrogens with one attached hydrogen (secondary N) is 1. The number of rotatable bonds is 4. The standard InChI is InChI=1S/C11H21NO2S/c1-8(2)9(7-13)12-11(14)10-5-3-4-6-15-10/h8-10,13H,3-7H2,1-2H3,(H,12,14)/t9-,10?/m1/s1. The van der Waals surface area contributed by atoms with Crippen molar-refractivity contribution in [3.8, 4) is 0 Å². The topological polar surface area (TPSA) is 49.3 Å². The number of aliphatic hydroxyl groups is 1. The van der Waals surface area contributed by atoms with Gasteiger partial charge in [-0.1, -0.05) is 20.3 Å². The lowest BCUT2D eigenvalue weighted by atomic mass is 10.0. The first kappa shape index (κ1) is 12.8. The van der Waals surface area contributed by atoms with E-state index in [-0.39, 0.29) is 29.7 Å². The quantitative estimate of drug-likeness (QED) is 0.769. The molecule has 2 N–H and O–H groups in total. The summed E-state index contributed by atoms with van der Waals surface area (Å²) in [5.41, 5.74) is 0. The van der Waals surface area contributed by atoms with Gasteiger partial charge in [0.15, 0.2) is 0 Å². The number of aliphatic hydroxyl groups excluding tert-OH is 1. The third-order valence-corrected chi connectivity index (χ3v) is 4.18. The Bertz CT molecular complexity index is 203. The fraction of sp³-hybridized carbons (Fsp3) is 0.909. The number of carbonyl (C=O) groups excluding carboxylic acids is 1. The molecule has 3 nitrogen and oxygen atoms in total. The number of hydrogen-bond donors (Lipinski definition) is 2. The van der Waals surface area contributed by atoms with Gasteiger partial charge in [-0.15, -0.1) is 11.8 Å². The second-order valence-electron chi connectivity index (χ2n) is 4.40. The Morgan fingerprint density at radius 2 is 2.27 bits per heavy atom. The van der Waals surface area contributed by atoms with Crippen LogP contribution in [-0.4, -0.2) is 34.7 Å². The molecule has 4 heteroatoms. The molecule has 1 aliphatic heterocycles. The second kappa shape index (κ2) is 6.38. The van der Waals surface area contributed by atoms with Gasteiger partial charge in [0.1, 0.15) is 0 Å². The Labute approximate surface area is 96.0 Å². The predicted molar refractivity (Wildman–Crippen MR) is 64.0 cm³/mol. The highest BCUT2D eigenvalue weighted by Gasteiger charge is 2.24. The first-order valence-electron chi connectivity index (χ1n) is 5.68. The van der Waals surface area contributed by atoms with E-state index in [9.17, 15) is 4.79 Å². The molecule has 0 aliphatic carbocycles. The van der Waals surface area contributed by atoms with Crippen molar-refractivity contribution in [3.05, 3.63) is 0 Å². The van der Waals surface area contributed by atoms with E-state index >= 15 is 0 Å². The average molecular weight is 231 g/mol. The van der Waals surface area contributed by atoms with Crippen LogP contribution in [-0.2, 0) is 4.79 Å². The van der Waals surface area contributed by atoms with E-state index in [2.05, 4.69) is 5.32 Å². The highest BCUT2D eigenvalue weighted by molar-refractivity contribution is 8.00. The highest BCUT2D eigenvalue weighted by atomic mass is 32.2.